The summed E-state index contributed by atoms with van der Waals surface area (Å²) < 4.78 is 0. The van der Waals surface area contributed by atoms with Crippen LogP contribution in [0.4, 0.5) is 17.1 Å². The van der Waals surface area contributed by atoms with E-state index < -0.39 is 0 Å². The molecule has 0 aliphatic rings. The third kappa shape index (κ3) is 6.18. The highest BCUT2D eigenvalue weighted by Crippen LogP contribution is 2.45. The van der Waals surface area contributed by atoms with Gasteiger partial charge in [0.2, 0.25) is 0 Å². The first-order valence-corrected chi connectivity index (χ1v) is 16.8. The molecule has 0 heterocycles. The summed E-state index contributed by atoms with van der Waals surface area (Å²) in [6.07, 6.45) is 0. The summed E-state index contributed by atoms with van der Waals surface area (Å²) >= 11 is 0. The Balaban J connectivity index is 1.29. The number of hydrogen-bond acceptors (Lipinski definition) is 1. The average Bonchev–Trinajstić information content (AvgIpc) is 3.20. The molecule has 8 rings (SSSR count). The van der Waals surface area contributed by atoms with Crippen LogP contribution in [-0.2, 0) is 0 Å². The van der Waals surface area contributed by atoms with Crippen molar-refractivity contribution in [3.05, 3.63) is 212 Å². The van der Waals surface area contributed by atoms with Crippen molar-refractivity contribution in [3.8, 4) is 55.6 Å². The Morgan fingerprint density at radius 1 is 0.204 bits per heavy atom. The molecule has 1 heteroatoms. The van der Waals surface area contributed by atoms with Crippen LogP contribution in [0.5, 0.6) is 0 Å². The quantitative estimate of drug-likeness (QED) is 0.162. The number of nitrogens with zero attached hydrogens (tertiary/aromatic N) is 1. The van der Waals surface area contributed by atoms with Crippen LogP contribution in [0.2, 0.25) is 0 Å². The number of hydrogen-bond donors (Lipinski definition) is 0. The van der Waals surface area contributed by atoms with Gasteiger partial charge >= 0.3 is 0 Å². The molecule has 0 atom stereocenters. The molecule has 0 aliphatic carbocycles. The van der Waals surface area contributed by atoms with Gasteiger partial charge in [-0.1, -0.05) is 182 Å². The molecule has 49 heavy (non-hydrogen) atoms. The van der Waals surface area contributed by atoms with Crippen molar-refractivity contribution < 1.29 is 0 Å². The van der Waals surface area contributed by atoms with Crippen molar-refractivity contribution in [1.82, 2.24) is 0 Å². The van der Waals surface area contributed by atoms with Gasteiger partial charge in [0.1, 0.15) is 0 Å². The molecule has 0 bridgehead atoms. The van der Waals surface area contributed by atoms with E-state index in [0.717, 1.165) is 17.1 Å². The van der Waals surface area contributed by atoms with Gasteiger partial charge in [0.15, 0.2) is 0 Å². The maximum Gasteiger partial charge on any atom is 0.0540 e. The van der Waals surface area contributed by atoms with Gasteiger partial charge in [-0.25, -0.2) is 0 Å². The van der Waals surface area contributed by atoms with Gasteiger partial charge in [-0.2, -0.15) is 0 Å². The predicted molar refractivity (Wildman–Crippen MR) is 208 cm³/mol. The minimum Gasteiger partial charge on any atom is -0.310 e. The van der Waals surface area contributed by atoms with Crippen LogP contribution in [0.15, 0.2) is 212 Å². The smallest absolute Gasteiger partial charge is 0.0540 e. The summed E-state index contributed by atoms with van der Waals surface area (Å²) in [6.45, 7) is 0. The van der Waals surface area contributed by atoms with Gasteiger partial charge in [-0.15, -0.1) is 0 Å². The number of benzene rings is 8. The summed E-state index contributed by atoms with van der Waals surface area (Å²) in [5.41, 5.74) is 15.3. The van der Waals surface area contributed by atoms with E-state index in [9.17, 15) is 0 Å². The van der Waals surface area contributed by atoms with Crippen LogP contribution in [0, 0.1) is 0 Å². The maximum absolute atomic E-state index is 2.39. The molecular weight excluding hydrogens is 591 g/mol. The molecule has 0 saturated heterocycles. The Bertz CT molecular complexity index is 2210. The topological polar surface area (TPSA) is 3.24 Å². The van der Waals surface area contributed by atoms with Crippen LogP contribution in [0.1, 0.15) is 0 Å². The highest BCUT2D eigenvalue weighted by Gasteiger charge is 2.20. The Morgan fingerprint density at radius 3 is 0.980 bits per heavy atom. The minimum absolute atomic E-state index is 1.10. The highest BCUT2D eigenvalue weighted by atomic mass is 15.1. The molecule has 0 aromatic heterocycles. The second-order valence-electron chi connectivity index (χ2n) is 12.1. The van der Waals surface area contributed by atoms with E-state index in [-0.39, 0.29) is 0 Å². The lowest BCUT2D eigenvalue weighted by atomic mass is 9.88. The molecular formula is C48H35N. The molecule has 8 aromatic rings. The summed E-state index contributed by atoms with van der Waals surface area (Å²) in [5, 5.41) is 0. The highest BCUT2D eigenvalue weighted by molar-refractivity contribution is 5.97. The van der Waals surface area contributed by atoms with Gasteiger partial charge < -0.3 is 4.90 Å². The van der Waals surface area contributed by atoms with Gasteiger partial charge in [0.25, 0.3) is 0 Å². The summed E-state index contributed by atoms with van der Waals surface area (Å²) in [7, 11) is 0. The molecule has 232 valence electrons. The average molecular weight is 626 g/mol. The summed E-state index contributed by atoms with van der Waals surface area (Å²) in [5.74, 6) is 0. The monoisotopic (exact) mass is 625 g/mol. The molecule has 0 N–H and O–H groups in total. The summed E-state index contributed by atoms with van der Waals surface area (Å²) in [6, 6.07) is 76.0. The van der Waals surface area contributed by atoms with E-state index in [4.69, 9.17) is 0 Å². The van der Waals surface area contributed by atoms with Gasteiger partial charge in [0, 0.05) is 16.9 Å². The SMILES string of the molecule is c1ccc(-c2ccc(N(c3ccc(-c4ccccc4)cc3)c3ccccc3-c3ccccc3-c3ccccc3-c3ccccc3)cc2)cc1. The Labute approximate surface area is 289 Å². The van der Waals surface area contributed by atoms with E-state index in [0.29, 0.717) is 0 Å². The van der Waals surface area contributed by atoms with E-state index in [2.05, 4.69) is 217 Å². The fourth-order valence-corrected chi connectivity index (χ4v) is 6.73. The third-order valence-corrected chi connectivity index (χ3v) is 9.13. The number of rotatable bonds is 8. The van der Waals surface area contributed by atoms with Crippen LogP contribution >= 0.6 is 0 Å². The van der Waals surface area contributed by atoms with E-state index in [1.807, 2.05) is 0 Å². The first-order chi connectivity index (χ1) is 24.3. The van der Waals surface area contributed by atoms with Crippen molar-refractivity contribution in [2.75, 3.05) is 4.90 Å². The van der Waals surface area contributed by atoms with E-state index >= 15 is 0 Å². The minimum atomic E-state index is 1.10. The lowest BCUT2D eigenvalue weighted by Crippen LogP contribution is -2.11. The van der Waals surface area contributed by atoms with E-state index in [1.165, 1.54) is 55.6 Å². The van der Waals surface area contributed by atoms with Crippen molar-refractivity contribution in [1.29, 1.82) is 0 Å². The zero-order chi connectivity index (χ0) is 32.8. The zero-order valence-corrected chi connectivity index (χ0v) is 27.2. The van der Waals surface area contributed by atoms with Gasteiger partial charge in [-0.05, 0) is 80.4 Å². The molecule has 0 amide bonds. The first kappa shape index (κ1) is 29.9. The summed E-state index contributed by atoms with van der Waals surface area (Å²) in [4.78, 5) is 2.39. The van der Waals surface area contributed by atoms with Crippen molar-refractivity contribution in [2.24, 2.45) is 0 Å². The molecule has 0 spiro atoms. The fourth-order valence-electron chi connectivity index (χ4n) is 6.73. The Kier molecular flexibility index (Phi) is 8.39. The van der Waals surface area contributed by atoms with Crippen molar-refractivity contribution >= 4 is 17.1 Å². The zero-order valence-electron chi connectivity index (χ0n) is 27.2. The first-order valence-electron chi connectivity index (χ1n) is 16.8. The van der Waals surface area contributed by atoms with Crippen molar-refractivity contribution in [2.45, 2.75) is 0 Å². The fraction of sp³-hybridized carbons (Fsp3) is 0. The second-order valence-corrected chi connectivity index (χ2v) is 12.1. The molecule has 0 aliphatic heterocycles. The van der Waals surface area contributed by atoms with Crippen LogP contribution < -0.4 is 4.90 Å². The Hall–Kier alpha value is -6.44. The molecule has 0 fully saturated rings. The van der Waals surface area contributed by atoms with Crippen molar-refractivity contribution in [3.63, 3.8) is 0 Å². The Morgan fingerprint density at radius 2 is 0.510 bits per heavy atom. The van der Waals surface area contributed by atoms with Gasteiger partial charge in [0.05, 0.1) is 5.69 Å². The third-order valence-electron chi connectivity index (χ3n) is 9.13. The molecule has 0 radical (unpaired) electrons. The van der Waals surface area contributed by atoms with E-state index in [1.54, 1.807) is 0 Å². The molecule has 8 aromatic carbocycles. The second kappa shape index (κ2) is 13.7. The largest absolute Gasteiger partial charge is 0.310 e. The lowest BCUT2D eigenvalue weighted by Gasteiger charge is -2.29. The van der Waals surface area contributed by atoms with Crippen LogP contribution in [-0.4, -0.2) is 0 Å². The van der Waals surface area contributed by atoms with Crippen LogP contribution in [0.25, 0.3) is 55.6 Å². The molecule has 0 saturated carbocycles. The standard InChI is InChI=1S/C48H35N/c1-4-16-36(17-5-1)38-28-32-41(33-29-38)49(42-34-30-39(31-35-42)37-18-6-2-7-19-37)48-27-15-14-26-47(48)46-25-13-12-24-45(46)44-23-11-10-22-43(44)40-20-8-3-9-21-40/h1-35H. The maximum atomic E-state index is 2.39. The van der Waals surface area contributed by atoms with Crippen LogP contribution in [0.3, 0.4) is 0 Å². The molecule has 1 nitrogen and oxygen atoms in total. The lowest BCUT2D eigenvalue weighted by molar-refractivity contribution is 1.28. The normalized spacial score (nSPS) is 10.9. The number of anilines is 3. The predicted octanol–water partition coefficient (Wildman–Crippen LogP) is 13.5. The van der Waals surface area contributed by atoms with Gasteiger partial charge in [-0.3, -0.25) is 0 Å². The molecule has 0 unspecified atom stereocenters. The number of para-hydroxylation sites is 1.